The number of hydrogen-bond acceptors (Lipinski definition) is 1. The molecule has 0 saturated carbocycles. The van der Waals surface area contributed by atoms with E-state index in [0.717, 1.165) is 11.5 Å². The van der Waals surface area contributed by atoms with E-state index in [-0.39, 0.29) is 6.04 Å². The zero-order valence-corrected chi connectivity index (χ0v) is 14.4. The lowest BCUT2D eigenvalue weighted by Gasteiger charge is -2.31. The molecule has 0 fully saturated rings. The van der Waals surface area contributed by atoms with E-state index in [1.807, 2.05) is 12.1 Å². The summed E-state index contributed by atoms with van der Waals surface area (Å²) < 4.78 is 8.64. The Morgan fingerprint density at radius 3 is 1.96 bits per heavy atom. The smallest absolute Gasteiger partial charge is 0.133 e. The first-order chi connectivity index (χ1) is 12.3. The van der Waals surface area contributed by atoms with Crippen molar-refractivity contribution in [3.63, 3.8) is 0 Å². The molecular formula is C23H19NO. The fourth-order valence-corrected chi connectivity index (χ4v) is 4.05. The lowest BCUT2D eigenvalue weighted by Crippen LogP contribution is -2.18. The van der Waals surface area contributed by atoms with Crippen molar-refractivity contribution in [1.82, 2.24) is 4.57 Å². The Morgan fingerprint density at radius 2 is 1.28 bits per heavy atom. The molecule has 0 saturated heterocycles. The van der Waals surface area contributed by atoms with Crippen LogP contribution in [-0.2, 0) is 0 Å². The third kappa shape index (κ3) is 1.97. The van der Waals surface area contributed by atoms with Crippen LogP contribution >= 0.6 is 0 Å². The Balaban J connectivity index is 1.88. The molecule has 2 nitrogen and oxygen atoms in total. The van der Waals surface area contributed by atoms with Gasteiger partial charge in [0.1, 0.15) is 11.5 Å². The van der Waals surface area contributed by atoms with E-state index in [0.29, 0.717) is 0 Å². The van der Waals surface area contributed by atoms with E-state index in [4.69, 9.17) is 4.74 Å². The number of fused-ring (bicyclic) bond motifs is 3. The maximum Gasteiger partial charge on any atom is 0.133 e. The summed E-state index contributed by atoms with van der Waals surface area (Å²) in [4.78, 5) is 0. The van der Waals surface area contributed by atoms with Gasteiger partial charge in [0.05, 0.1) is 6.04 Å². The number of aryl methyl sites for hydroxylation is 1. The molecule has 122 valence electrons. The number of para-hydroxylation sites is 3. The van der Waals surface area contributed by atoms with Crippen LogP contribution in [0.4, 0.5) is 0 Å². The number of nitrogens with zero attached hydrogens (tertiary/aromatic N) is 1. The first-order valence-corrected chi connectivity index (χ1v) is 8.67. The molecule has 0 bridgehead atoms. The first kappa shape index (κ1) is 14.4. The Labute approximate surface area is 147 Å². The van der Waals surface area contributed by atoms with Crippen LogP contribution in [-0.4, -0.2) is 4.57 Å². The highest BCUT2D eigenvalue weighted by Gasteiger charge is 2.30. The topological polar surface area (TPSA) is 14.2 Å². The van der Waals surface area contributed by atoms with Crippen molar-refractivity contribution in [1.29, 1.82) is 0 Å². The molecule has 1 aromatic heterocycles. The Bertz CT molecular complexity index is 1060. The molecule has 0 spiro atoms. The van der Waals surface area contributed by atoms with Crippen LogP contribution in [0.2, 0.25) is 0 Å². The summed E-state index contributed by atoms with van der Waals surface area (Å²) in [6.07, 6.45) is 0. The molecule has 0 amide bonds. The average Bonchev–Trinajstić information content (AvgIpc) is 2.91. The Morgan fingerprint density at radius 1 is 0.720 bits per heavy atom. The highest BCUT2D eigenvalue weighted by atomic mass is 16.5. The van der Waals surface area contributed by atoms with Gasteiger partial charge in [-0.15, -0.1) is 0 Å². The van der Waals surface area contributed by atoms with E-state index >= 15 is 0 Å². The number of rotatable bonds is 1. The standard InChI is InChI=1S/C23H19NO/c1-15-16(2)24(20-12-6-3-9-17(15)20)23-18-10-4-7-13-21(18)25-22-14-8-5-11-19(22)23/h3-14,23H,1-2H3. The van der Waals surface area contributed by atoms with Crippen molar-refractivity contribution in [3.05, 3.63) is 95.2 Å². The van der Waals surface area contributed by atoms with Crippen LogP contribution in [0.1, 0.15) is 28.4 Å². The molecule has 3 aromatic carbocycles. The molecule has 0 radical (unpaired) electrons. The van der Waals surface area contributed by atoms with E-state index in [2.05, 4.69) is 79.1 Å². The molecule has 5 rings (SSSR count). The molecule has 2 heteroatoms. The molecule has 0 N–H and O–H groups in total. The van der Waals surface area contributed by atoms with Gasteiger partial charge in [0.25, 0.3) is 0 Å². The number of aromatic nitrogens is 1. The van der Waals surface area contributed by atoms with Crippen LogP contribution in [0, 0.1) is 13.8 Å². The van der Waals surface area contributed by atoms with Crippen molar-refractivity contribution in [2.24, 2.45) is 0 Å². The molecule has 0 unspecified atom stereocenters. The zero-order valence-electron chi connectivity index (χ0n) is 14.4. The van der Waals surface area contributed by atoms with Crippen LogP contribution in [0.25, 0.3) is 10.9 Å². The third-order valence-corrected chi connectivity index (χ3v) is 5.38. The summed E-state index contributed by atoms with van der Waals surface area (Å²) >= 11 is 0. The highest BCUT2D eigenvalue weighted by Crippen LogP contribution is 2.46. The van der Waals surface area contributed by atoms with Gasteiger partial charge >= 0.3 is 0 Å². The van der Waals surface area contributed by atoms with E-state index < -0.39 is 0 Å². The van der Waals surface area contributed by atoms with Crippen LogP contribution < -0.4 is 4.74 Å². The zero-order chi connectivity index (χ0) is 17.0. The van der Waals surface area contributed by atoms with Crippen LogP contribution in [0.15, 0.2) is 72.8 Å². The monoisotopic (exact) mass is 325 g/mol. The minimum atomic E-state index is 0.125. The Kier molecular flexibility index (Phi) is 3.01. The second kappa shape index (κ2) is 5.25. The molecule has 1 aliphatic heterocycles. The molecule has 1 aliphatic rings. The van der Waals surface area contributed by atoms with Crippen molar-refractivity contribution in [2.75, 3.05) is 0 Å². The second-order valence-electron chi connectivity index (χ2n) is 6.68. The minimum Gasteiger partial charge on any atom is -0.457 e. The van der Waals surface area contributed by atoms with Crippen molar-refractivity contribution < 1.29 is 4.74 Å². The van der Waals surface area contributed by atoms with Crippen molar-refractivity contribution in [2.45, 2.75) is 19.9 Å². The maximum absolute atomic E-state index is 6.17. The van der Waals surface area contributed by atoms with Gasteiger partial charge in [-0.05, 0) is 37.6 Å². The fraction of sp³-hybridized carbons (Fsp3) is 0.130. The van der Waals surface area contributed by atoms with E-state index in [1.165, 1.54) is 33.3 Å². The minimum absolute atomic E-state index is 0.125. The van der Waals surface area contributed by atoms with E-state index in [9.17, 15) is 0 Å². The van der Waals surface area contributed by atoms with Crippen LogP contribution in [0.3, 0.4) is 0 Å². The number of ether oxygens (including phenoxy) is 1. The molecular weight excluding hydrogens is 306 g/mol. The van der Waals surface area contributed by atoms with Gasteiger partial charge in [-0.3, -0.25) is 0 Å². The van der Waals surface area contributed by atoms with E-state index in [1.54, 1.807) is 0 Å². The SMILES string of the molecule is Cc1c(C)n(C2c3ccccc3Oc3ccccc32)c2ccccc12. The Hall–Kier alpha value is -3.00. The summed E-state index contributed by atoms with van der Waals surface area (Å²) in [6.45, 7) is 4.43. The second-order valence-corrected chi connectivity index (χ2v) is 6.68. The average molecular weight is 325 g/mol. The summed E-state index contributed by atoms with van der Waals surface area (Å²) in [5.74, 6) is 1.89. The fourth-order valence-electron chi connectivity index (χ4n) is 4.05. The molecule has 25 heavy (non-hydrogen) atoms. The van der Waals surface area contributed by atoms with Gasteiger partial charge < -0.3 is 9.30 Å². The van der Waals surface area contributed by atoms with Gasteiger partial charge in [-0.25, -0.2) is 0 Å². The maximum atomic E-state index is 6.17. The summed E-state index contributed by atoms with van der Waals surface area (Å²) in [6, 6.07) is 25.5. The predicted octanol–water partition coefficient (Wildman–Crippen LogP) is 6.00. The van der Waals surface area contributed by atoms with Gasteiger partial charge in [0, 0.05) is 27.7 Å². The third-order valence-electron chi connectivity index (χ3n) is 5.38. The van der Waals surface area contributed by atoms with Gasteiger partial charge in [-0.1, -0.05) is 54.6 Å². The lowest BCUT2D eigenvalue weighted by molar-refractivity contribution is 0.435. The molecule has 0 aliphatic carbocycles. The number of benzene rings is 3. The van der Waals surface area contributed by atoms with Crippen LogP contribution in [0.5, 0.6) is 11.5 Å². The highest BCUT2D eigenvalue weighted by molar-refractivity contribution is 5.86. The van der Waals surface area contributed by atoms with Crippen molar-refractivity contribution >= 4 is 10.9 Å². The predicted molar refractivity (Wildman–Crippen MR) is 102 cm³/mol. The van der Waals surface area contributed by atoms with Gasteiger partial charge in [0.15, 0.2) is 0 Å². The largest absolute Gasteiger partial charge is 0.457 e. The summed E-state index contributed by atoms with van der Waals surface area (Å²) in [5.41, 5.74) is 6.35. The number of hydrogen-bond donors (Lipinski definition) is 0. The molecule has 0 atom stereocenters. The molecule has 4 aromatic rings. The van der Waals surface area contributed by atoms with Gasteiger partial charge in [-0.2, -0.15) is 0 Å². The summed E-state index contributed by atoms with van der Waals surface area (Å²) in [7, 11) is 0. The summed E-state index contributed by atoms with van der Waals surface area (Å²) in [5, 5.41) is 1.32. The molecule has 2 heterocycles. The van der Waals surface area contributed by atoms with Gasteiger partial charge in [0.2, 0.25) is 0 Å². The quantitative estimate of drug-likeness (QED) is 0.368. The normalized spacial score (nSPS) is 13.4. The first-order valence-electron chi connectivity index (χ1n) is 8.67. The lowest BCUT2D eigenvalue weighted by atomic mass is 9.94. The van der Waals surface area contributed by atoms with Crippen molar-refractivity contribution in [3.8, 4) is 11.5 Å².